The molecule has 1 fully saturated rings. The highest BCUT2D eigenvalue weighted by atomic mass is 32.1. The summed E-state index contributed by atoms with van der Waals surface area (Å²) in [4.78, 5) is 7.02. The Bertz CT molecular complexity index is 1330. The van der Waals surface area contributed by atoms with Crippen molar-refractivity contribution in [3.05, 3.63) is 118 Å². The SMILES string of the molecule is Cc1cccc(-n2c(C)cc(C3C(c4ccccn4)NC(=S)N3Cc3ccccc3)c2C)c1C. The molecule has 34 heavy (non-hydrogen) atoms. The van der Waals surface area contributed by atoms with Gasteiger partial charge in [0.05, 0.1) is 17.8 Å². The number of rotatable bonds is 5. The maximum Gasteiger partial charge on any atom is 0.170 e. The lowest BCUT2D eigenvalue weighted by Crippen LogP contribution is -2.29. The van der Waals surface area contributed by atoms with Crippen molar-refractivity contribution < 1.29 is 0 Å². The molecule has 1 aliphatic heterocycles. The van der Waals surface area contributed by atoms with Crippen LogP contribution in [0.3, 0.4) is 0 Å². The molecule has 2 aromatic heterocycles. The van der Waals surface area contributed by atoms with E-state index in [0.717, 1.165) is 17.4 Å². The fourth-order valence-electron chi connectivity index (χ4n) is 5.13. The zero-order chi connectivity index (χ0) is 23.8. The molecular weight excluding hydrogens is 436 g/mol. The normalized spacial score (nSPS) is 17.8. The molecule has 0 spiro atoms. The molecule has 4 nitrogen and oxygen atoms in total. The number of nitrogens with zero attached hydrogens (tertiary/aromatic N) is 3. The molecule has 1 N–H and O–H groups in total. The third kappa shape index (κ3) is 3.90. The molecule has 1 aliphatic rings. The summed E-state index contributed by atoms with van der Waals surface area (Å²) in [5.41, 5.74) is 9.81. The molecule has 5 rings (SSSR count). The molecule has 2 atom stereocenters. The second-order valence-electron chi connectivity index (χ2n) is 9.12. The summed E-state index contributed by atoms with van der Waals surface area (Å²) < 4.78 is 2.38. The standard InChI is InChI=1S/C29H30N4S/c1-19-11-10-15-26(21(19)3)33-20(2)17-24(22(33)4)28-27(25-14-8-9-16-30-25)31-29(34)32(28)18-23-12-6-5-7-13-23/h5-17,27-28H,18H2,1-4H3,(H,31,34). The number of benzene rings is 2. The molecule has 5 heteroatoms. The molecular formula is C29H30N4S. The van der Waals surface area contributed by atoms with Crippen LogP contribution in [0.5, 0.6) is 0 Å². The molecule has 0 saturated carbocycles. The number of pyridine rings is 1. The van der Waals surface area contributed by atoms with Crippen LogP contribution in [0.1, 0.15) is 51.4 Å². The number of hydrogen-bond donors (Lipinski definition) is 1. The zero-order valence-corrected chi connectivity index (χ0v) is 20.9. The number of aryl methyl sites for hydroxylation is 2. The van der Waals surface area contributed by atoms with Gasteiger partial charge in [0.2, 0.25) is 0 Å². The fourth-order valence-corrected chi connectivity index (χ4v) is 5.44. The molecule has 0 aliphatic carbocycles. The van der Waals surface area contributed by atoms with Gasteiger partial charge in [-0.25, -0.2) is 0 Å². The Kier molecular flexibility index (Phi) is 5.96. The Balaban J connectivity index is 1.64. The van der Waals surface area contributed by atoms with E-state index in [1.807, 2.05) is 18.3 Å². The number of hydrogen-bond acceptors (Lipinski definition) is 2. The fraction of sp³-hybridized carbons (Fsp3) is 0.241. The van der Waals surface area contributed by atoms with Gasteiger partial charge in [0.15, 0.2) is 5.11 Å². The van der Waals surface area contributed by atoms with Crippen molar-refractivity contribution in [3.8, 4) is 5.69 Å². The van der Waals surface area contributed by atoms with Crippen LogP contribution in [-0.4, -0.2) is 19.6 Å². The first-order chi connectivity index (χ1) is 16.5. The first kappa shape index (κ1) is 22.4. The van der Waals surface area contributed by atoms with Gasteiger partial charge in [0.25, 0.3) is 0 Å². The smallest absolute Gasteiger partial charge is 0.170 e. The Morgan fingerprint density at radius 3 is 2.41 bits per heavy atom. The molecule has 2 unspecified atom stereocenters. The van der Waals surface area contributed by atoms with Crippen LogP contribution in [-0.2, 0) is 6.54 Å². The van der Waals surface area contributed by atoms with Crippen molar-refractivity contribution in [2.75, 3.05) is 0 Å². The lowest BCUT2D eigenvalue weighted by Gasteiger charge is -2.28. The zero-order valence-electron chi connectivity index (χ0n) is 20.1. The molecule has 3 heterocycles. The van der Waals surface area contributed by atoms with E-state index in [1.165, 1.54) is 39.3 Å². The minimum atomic E-state index is -0.0232. The summed E-state index contributed by atoms with van der Waals surface area (Å²) in [6, 6.07) is 25.5. The average molecular weight is 467 g/mol. The quantitative estimate of drug-likeness (QED) is 0.351. The van der Waals surface area contributed by atoms with E-state index >= 15 is 0 Å². The number of nitrogens with one attached hydrogen (secondary N) is 1. The minimum Gasteiger partial charge on any atom is -0.352 e. The lowest BCUT2D eigenvalue weighted by atomic mass is 9.96. The van der Waals surface area contributed by atoms with Gasteiger partial charge in [0, 0.05) is 29.8 Å². The van der Waals surface area contributed by atoms with Crippen LogP contribution >= 0.6 is 12.2 Å². The van der Waals surface area contributed by atoms with Crippen molar-refractivity contribution in [1.82, 2.24) is 19.8 Å². The van der Waals surface area contributed by atoms with E-state index in [1.54, 1.807) is 0 Å². The first-order valence-electron chi connectivity index (χ1n) is 11.7. The minimum absolute atomic E-state index is 0.0232. The van der Waals surface area contributed by atoms with E-state index in [4.69, 9.17) is 17.2 Å². The van der Waals surface area contributed by atoms with Crippen LogP contribution < -0.4 is 5.32 Å². The lowest BCUT2D eigenvalue weighted by molar-refractivity contribution is 0.310. The van der Waals surface area contributed by atoms with E-state index < -0.39 is 0 Å². The molecule has 1 saturated heterocycles. The van der Waals surface area contributed by atoms with Gasteiger partial charge in [-0.15, -0.1) is 0 Å². The van der Waals surface area contributed by atoms with Gasteiger partial charge >= 0.3 is 0 Å². The monoisotopic (exact) mass is 466 g/mol. The highest BCUT2D eigenvalue weighted by Gasteiger charge is 2.41. The van der Waals surface area contributed by atoms with Crippen LogP contribution in [0.2, 0.25) is 0 Å². The second-order valence-corrected chi connectivity index (χ2v) is 9.51. The predicted octanol–water partition coefficient (Wildman–Crippen LogP) is 6.28. The molecule has 172 valence electrons. The summed E-state index contributed by atoms with van der Waals surface area (Å²) in [5, 5.41) is 4.36. The average Bonchev–Trinajstić information content (AvgIpc) is 3.32. The highest BCUT2D eigenvalue weighted by Crippen LogP contribution is 2.42. The van der Waals surface area contributed by atoms with E-state index in [9.17, 15) is 0 Å². The molecule has 4 aromatic rings. The second kappa shape index (κ2) is 9.07. The van der Waals surface area contributed by atoms with Crippen LogP contribution in [0.25, 0.3) is 5.69 Å². The van der Waals surface area contributed by atoms with Gasteiger partial charge in [-0.2, -0.15) is 0 Å². The number of aromatic nitrogens is 2. The Morgan fingerprint density at radius 2 is 1.68 bits per heavy atom. The maximum atomic E-state index is 5.89. The van der Waals surface area contributed by atoms with E-state index in [2.05, 4.69) is 103 Å². The Hall–Kier alpha value is -3.44. The van der Waals surface area contributed by atoms with Gasteiger partial charge in [-0.1, -0.05) is 48.5 Å². The van der Waals surface area contributed by atoms with Crippen molar-refractivity contribution in [1.29, 1.82) is 0 Å². The van der Waals surface area contributed by atoms with Crippen molar-refractivity contribution in [2.45, 2.75) is 46.3 Å². The summed E-state index contributed by atoms with van der Waals surface area (Å²) in [5.74, 6) is 0. The third-order valence-electron chi connectivity index (χ3n) is 7.00. The van der Waals surface area contributed by atoms with Crippen molar-refractivity contribution >= 4 is 17.3 Å². The van der Waals surface area contributed by atoms with E-state index in [0.29, 0.717) is 0 Å². The molecule has 0 bridgehead atoms. The third-order valence-corrected chi connectivity index (χ3v) is 7.35. The van der Waals surface area contributed by atoms with Crippen LogP contribution in [0.15, 0.2) is 79.0 Å². The van der Waals surface area contributed by atoms with Crippen molar-refractivity contribution in [3.63, 3.8) is 0 Å². The van der Waals surface area contributed by atoms with Crippen molar-refractivity contribution in [2.24, 2.45) is 0 Å². The summed E-state index contributed by atoms with van der Waals surface area (Å²) in [7, 11) is 0. The Morgan fingerprint density at radius 1 is 0.912 bits per heavy atom. The predicted molar refractivity (Wildman–Crippen MR) is 142 cm³/mol. The highest BCUT2D eigenvalue weighted by molar-refractivity contribution is 7.80. The molecule has 2 aromatic carbocycles. The van der Waals surface area contributed by atoms with Gasteiger partial charge in [-0.3, -0.25) is 4.98 Å². The van der Waals surface area contributed by atoms with Gasteiger partial charge in [-0.05, 0) is 86.4 Å². The van der Waals surface area contributed by atoms with Crippen LogP contribution in [0, 0.1) is 27.7 Å². The van der Waals surface area contributed by atoms with E-state index in [-0.39, 0.29) is 12.1 Å². The summed E-state index contributed by atoms with van der Waals surface area (Å²) >= 11 is 5.89. The summed E-state index contributed by atoms with van der Waals surface area (Å²) in [6.45, 7) is 9.53. The maximum absolute atomic E-state index is 5.89. The first-order valence-corrected chi connectivity index (χ1v) is 12.1. The van der Waals surface area contributed by atoms with Crippen LogP contribution in [0.4, 0.5) is 0 Å². The van der Waals surface area contributed by atoms with Gasteiger partial charge in [0.1, 0.15) is 0 Å². The largest absolute Gasteiger partial charge is 0.352 e. The molecule has 0 radical (unpaired) electrons. The molecule has 0 amide bonds. The Labute approximate surface area is 207 Å². The van der Waals surface area contributed by atoms with Gasteiger partial charge < -0.3 is 14.8 Å². The number of thiocarbonyl (C=S) groups is 1. The summed E-state index contributed by atoms with van der Waals surface area (Å²) in [6.07, 6.45) is 1.86. The topological polar surface area (TPSA) is 33.1 Å².